The molecule has 1 heterocycles. The third-order valence-electron chi connectivity index (χ3n) is 3.82. The first-order chi connectivity index (χ1) is 11.6. The number of nitriles is 1. The highest BCUT2D eigenvalue weighted by Crippen LogP contribution is 2.42. The molecule has 24 heavy (non-hydrogen) atoms. The van der Waals surface area contributed by atoms with E-state index in [1.54, 1.807) is 18.2 Å². The van der Waals surface area contributed by atoms with Gasteiger partial charge in [-0.2, -0.15) is 5.26 Å². The van der Waals surface area contributed by atoms with Crippen LogP contribution in [0.2, 0.25) is 0 Å². The van der Waals surface area contributed by atoms with Gasteiger partial charge in [-0.1, -0.05) is 30.9 Å². The normalized spacial score (nSPS) is 15.9. The molecule has 0 fully saturated rings. The van der Waals surface area contributed by atoms with E-state index in [2.05, 4.69) is 12.6 Å². The Morgan fingerprint density at radius 3 is 2.62 bits per heavy atom. The Kier molecular flexibility index (Phi) is 4.13. The molecule has 0 saturated heterocycles. The lowest BCUT2D eigenvalue weighted by Gasteiger charge is -2.26. The number of nitrogens with two attached hydrogens (primary N) is 2. The fraction of sp³-hybridized carbons (Fsp3) is 0.105. The molecule has 2 aromatic carbocycles. The summed E-state index contributed by atoms with van der Waals surface area (Å²) in [5.41, 5.74) is 14.5. The van der Waals surface area contributed by atoms with Gasteiger partial charge in [-0.3, -0.25) is 0 Å². The number of hydrogen-bond donors (Lipinski definition) is 2. The molecule has 1 unspecified atom stereocenters. The maximum Gasteiger partial charge on any atom is 0.205 e. The summed E-state index contributed by atoms with van der Waals surface area (Å²) >= 11 is 0. The molecule has 1 aliphatic rings. The smallest absolute Gasteiger partial charge is 0.205 e. The van der Waals surface area contributed by atoms with Crippen molar-refractivity contribution in [1.29, 1.82) is 5.26 Å². The summed E-state index contributed by atoms with van der Waals surface area (Å²) in [6.45, 7) is 4.06. The van der Waals surface area contributed by atoms with E-state index in [-0.39, 0.29) is 11.8 Å². The molecule has 0 spiro atoms. The van der Waals surface area contributed by atoms with Crippen LogP contribution in [0.1, 0.15) is 17.0 Å². The Hall–Kier alpha value is -3.39. The number of nitrogens with zero attached hydrogens (tertiary/aromatic N) is 1. The highest BCUT2D eigenvalue weighted by atomic mass is 16.5. The molecule has 5 heteroatoms. The minimum atomic E-state index is -0.298. The number of anilines is 1. The average molecular weight is 319 g/mol. The van der Waals surface area contributed by atoms with Gasteiger partial charge in [0.05, 0.1) is 5.92 Å². The second kappa shape index (κ2) is 6.39. The van der Waals surface area contributed by atoms with E-state index < -0.39 is 0 Å². The van der Waals surface area contributed by atoms with Gasteiger partial charge < -0.3 is 20.9 Å². The van der Waals surface area contributed by atoms with Gasteiger partial charge in [0.2, 0.25) is 5.88 Å². The molecule has 0 aromatic heterocycles. The maximum atomic E-state index is 9.52. The molecule has 0 bridgehead atoms. The van der Waals surface area contributed by atoms with Crippen LogP contribution < -0.4 is 20.9 Å². The largest absolute Gasteiger partial charge is 0.490 e. The van der Waals surface area contributed by atoms with Crippen LogP contribution in [0.3, 0.4) is 0 Å². The van der Waals surface area contributed by atoms with Crippen LogP contribution in [0.25, 0.3) is 0 Å². The second-order valence-electron chi connectivity index (χ2n) is 5.39. The van der Waals surface area contributed by atoms with Crippen molar-refractivity contribution in [2.24, 2.45) is 5.73 Å². The van der Waals surface area contributed by atoms with Crippen LogP contribution in [-0.4, -0.2) is 6.61 Å². The highest BCUT2D eigenvalue weighted by molar-refractivity contribution is 5.59. The third kappa shape index (κ3) is 2.77. The Balaban J connectivity index is 2.04. The van der Waals surface area contributed by atoms with Crippen LogP contribution in [0.15, 0.2) is 66.6 Å². The molecular weight excluding hydrogens is 302 g/mol. The standard InChI is InChI=1S/C19H17N3O2/c1-2-9-23-14-6-3-12(4-7-14)18-15-8-5-13(21)10-17(15)24-19(22)16(18)11-20/h2-8,10,18H,1,9,21-22H2. The van der Waals surface area contributed by atoms with Crippen LogP contribution in [0.4, 0.5) is 5.69 Å². The fourth-order valence-electron chi connectivity index (χ4n) is 2.73. The van der Waals surface area contributed by atoms with Crippen LogP contribution in [-0.2, 0) is 0 Å². The van der Waals surface area contributed by atoms with Gasteiger partial charge >= 0.3 is 0 Å². The van der Waals surface area contributed by atoms with Crippen molar-refractivity contribution in [3.8, 4) is 17.6 Å². The topological polar surface area (TPSA) is 94.3 Å². The van der Waals surface area contributed by atoms with E-state index in [0.717, 1.165) is 16.9 Å². The lowest BCUT2D eigenvalue weighted by Crippen LogP contribution is -2.21. The molecule has 120 valence electrons. The summed E-state index contributed by atoms with van der Waals surface area (Å²) < 4.78 is 11.1. The molecule has 4 N–H and O–H groups in total. The molecular formula is C19H17N3O2. The quantitative estimate of drug-likeness (QED) is 0.667. The lowest BCUT2D eigenvalue weighted by molar-refractivity contribution is 0.363. The molecule has 0 saturated carbocycles. The third-order valence-corrected chi connectivity index (χ3v) is 3.82. The van der Waals surface area contributed by atoms with Crippen LogP contribution in [0, 0.1) is 11.3 Å². The van der Waals surface area contributed by atoms with E-state index >= 15 is 0 Å². The van der Waals surface area contributed by atoms with Gasteiger partial charge in [0.25, 0.3) is 0 Å². The minimum absolute atomic E-state index is 0.104. The van der Waals surface area contributed by atoms with E-state index in [1.807, 2.05) is 30.3 Å². The van der Waals surface area contributed by atoms with Crippen LogP contribution >= 0.6 is 0 Å². The Morgan fingerprint density at radius 1 is 1.21 bits per heavy atom. The summed E-state index contributed by atoms with van der Waals surface area (Å²) in [5, 5.41) is 9.52. The van der Waals surface area contributed by atoms with E-state index in [1.165, 1.54) is 0 Å². The minimum Gasteiger partial charge on any atom is -0.490 e. The first-order valence-corrected chi connectivity index (χ1v) is 7.44. The zero-order chi connectivity index (χ0) is 17.1. The van der Waals surface area contributed by atoms with Gasteiger partial charge in [-0.15, -0.1) is 0 Å². The van der Waals surface area contributed by atoms with Gasteiger partial charge in [0.1, 0.15) is 29.7 Å². The summed E-state index contributed by atoms with van der Waals surface area (Å²) in [4.78, 5) is 0. The van der Waals surface area contributed by atoms with Gasteiger partial charge in [-0.05, 0) is 23.8 Å². The predicted octanol–water partition coefficient (Wildman–Crippen LogP) is 3.05. The van der Waals surface area contributed by atoms with Gasteiger partial charge in [-0.25, -0.2) is 0 Å². The molecule has 1 aliphatic heterocycles. The first kappa shape index (κ1) is 15.5. The average Bonchev–Trinajstić information content (AvgIpc) is 2.59. The van der Waals surface area contributed by atoms with Crippen molar-refractivity contribution < 1.29 is 9.47 Å². The number of fused-ring (bicyclic) bond motifs is 1. The highest BCUT2D eigenvalue weighted by Gasteiger charge is 2.30. The van der Waals surface area contributed by atoms with Crippen molar-refractivity contribution in [3.05, 3.63) is 77.7 Å². The predicted molar refractivity (Wildman–Crippen MR) is 92.3 cm³/mol. The summed E-state index contributed by atoms with van der Waals surface area (Å²) in [6.07, 6.45) is 1.68. The Labute approximate surface area is 140 Å². The van der Waals surface area contributed by atoms with E-state index in [9.17, 15) is 5.26 Å². The number of benzene rings is 2. The summed E-state index contributed by atoms with van der Waals surface area (Å²) in [7, 11) is 0. The van der Waals surface area contributed by atoms with E-state index in [4.69, 9.17) is 20.9 Å². The second-order valence-corrected chi connectivity index (χ2v) is 5.39. The zero-order valence-electron chi connectivity index (χ0n) is 13.0. The number of ether oxygens (including phenoxy) is 2. The maximum absolute atomic E-state index is 9.52. The molecule has 3 rings (SSSR count). The number of hydrogen-bond acceptors (Lipinski definition) is 5. The molecule has 0 aliphatic carbocycles. The molecule has 1 atom stereocenters. The first-order valence-electron chi connectivity index (χ1n) is 7.44. The van der Waals surface area contributed by atoms with Crippen molar-refractivity contribution in [2.45, 2.75) is 5.92 Å². The molecule has 0 amide bonds. The molecule has 5 nitrogen and oxygen atoms in total. The van der Waals surface area contributed by atoms with Gasteiger partial charge in [0, 0.05) is 17.3 Å². The monoisotopic (exact) mass is 319 g/mol. The Morgan fingerprint density at radius 2 is 1.96 bits per heavy atom. The SMILES string of the molecule is C=CCOc1ccc(C2C(C#N)=C(N)Oc3cc(N)ccc32)cc1. The van der Waals surface area contributed by atoms with Crippen molar-refractivity contribution in [3.63, 3.8) is 0 Å². The number of nitrogen functional groups attached to an aromatic ring is 1. The van der Waals surface area contributed by atoms with Gasteiger partial charge in [0.15, 0.2) is 0 Å². The summed E-state index contributed by atoms with van der Waals surface area (Å²) in [5.74, 6) is 1.11. The molecule has 0 radical (unpaired) electrons. The Bertz CT molecular complexity index is 848. The number of rotatable bonds is 4. The van der Waals surface area contributed by atoms with Crippen molar-refractivity contribution in [1.82, 2.24) is 0 Å². The van der Waals surface area contributed by atoms with Crippen LogP contribution in [0.5, 0.6) is 11.5 Å². The number of allylic oxidation sites excluding steroid dienone is 1. The van der Waals surface area contributed by atoms with E-state index in [0.29, 0.717) is 23.6 Å². The molecule has 2 aromatic rings. The summed E-state index contributed by atoms with van der Waals surface area (Å²) in [6, 6.07) is 15.1. The lowest BCUT2D eigenvalue weighted by atomic mass is 9.83. The van der Waals surface area contributed by atoms with Crippen molar-refractivity contribution in [2.75, 3.05) is 12.3 Å². The van der Waals surface area contributed by atoms with Crippen molar-refractivity contribution >= 4 is 5.69 Å². The zero-order valence-corrected chi connectivity index (χ0v) is 13.0. The fourth-order valence-corrected chi connectivity index (χ4v) is 2.73.